The van der Waals surface area contributed by atoms with E-state index in [0.717, 1.165) is 22.0 Å². The number of benzene rings is 4. The fourth-order valence-electron chi connectivity index (χ4n) is 8.79. The van der Waals surface area contributed by atoms with Gasteiger partial charge in [0, 0.05) is 119 Å². The molecule has 21 nitrogen and oxygen atoms in total. The Morgan fingerprint density at radius 3 is 1.86 bits per heavy atom. The van der Waals surface area contributed by atoms with Crippen LogP contribution in [0, 0.1) is 0 Å². The van der Waals surface area contributed by atoms with Gasteiger partial charge in [0.2, 0.25) is 12.7 Å². The van der Waals surface area contributed by atoms with Crippen LogP contribution in [0.4, 0.5) is 17.1 Å². The molecule has 3 aliphatic rings. The van der Waals surface area contributed by atoms with E-state index >= 15 is 0 Å². The number of hydrogen-bond acceptors (Lipinski definition) is 13. The third-order valence-electron chi connectivity index (χ3n) is 12.5. The molecule has 2 aliphatic heterocycles. The topological polar surface area (TPSA) is 280 Å². The minimum Gasteiger partial charge on any atom is -0.481 e. The van der Waals surface area contributed by atoms with Crippen molar-refractivity contribution in [3.8, 4) is 22.5 Å². The van der Waals surface area contributed by atoms with Crippen LogP contribution in [0.1, 0.15) is 28.8 Å². The van der Waals surface area contributed by atoms with Crippen LogP contribution in [-0.4, -0.2) is 191 Å². The molecule has 3 aromatic carbocycles. The number of thiocarbonyl (C=S) groups is 1. The Kier molecular flexibility index (Phi) is 18.8. The normalized spacial score (nSPS) is 15.8. The summed E-state index contributed by atoms with van der Waals surface area (Å²) in [6.07, 6.45) is -1.13. The molecule has 1 saturated heterocycles. The fourth-order valence-corrected chi connectivity index (χ4v) is 10.8. The lowest BCUT2D eigenvalue weighted by atomic mass is 9.90. The number of fused-ring (bicyclic) bond motifs is 2. The molecule has 2 unspecified atom stereocenters. The molecular formula is C50H62N8O13PS+. The summed E-state index contributed by atoms with van der Waals surface area (Å²) in [5.74, 6) is -5.26. The summed E-state index contributed by atoms with van der Waals surface area (Å²) in [5.41, 5.74) is 4.94. The summed E-state index contributed by atoms with van der Waals surface area (Å²) in [5, 5.41) is 57.1. The molecule has 0 radical (unpaired) electrons. The van der Waals surface area contributed by atoms with Gasteiger partial charge in [-0.05, 0) is 72.2 Å². The average molecular weight is 1050 g/mol. The fraction of sp³-hybridized carbons (Fsp3) is 0.380. The van der Waals surface area contributed by atoms with Crippen LogP contribution in [0.5, 0.6) is 0 Å². The van der Waals surface area contributed by atoms with Crippen LogP contribution in [0.15, 0.2) is 83.3 Å². The number of aromatic carboxylic acids is 1. The van der Waals surface area contributed by atoms with Crippen LogP contribution in [0.2, 0.25) is 0 Å². The van der Waals surface area contributed by atoms with Crippen LogP contribution in [-0.2, 0) is 29.9 Å². The second kappa shape index (κ2) is 24.8. The molecular weight excluding hydrogens is 984 g/mol. The molecule has 0 bridgehead atoms. The van der Waals surface area contributed by atoms with Gasteiger partial charge in [0.15, 0.2) is 5.11 Å². The van der Waals surface area contributed by atoms with Crippen molar-refractivity contribution in [3.63, 3.8) is 0 Å². The number of carboxylic acids is 5. The molecule has 23 heteroatoms. The first kappa shape index (κ1) is 55.5. The number of carboxylic acid groups (broad SMARTS) is 5. The molecule has 2 heterocycles. The summed E-state index contributed by atoms with van der Waals surface area (Å²) in [7, 11) is 3.76. The Morgan fingerprint density at radius 1 is 0.726 bits per heavy atom. The first-order valence-corrected chi connectivity index (χ1v) is 25.8. The molecule has 390 valence electrons. The lowest BCUT2D eigenvalue weighted by Gasteiger charge is -2.35. The Labute approximate surface area is 426 Å². The summed E-state index contributed by atoms with van der Waals surface area (Å²) < 4.78 is 22.3. The molecule has 1 fully saturated rings. The van der Waals surface area contributed by atoms with E-state index in [-0.39, 0.29) is 81.9 Å². The molecule has 8 N–H and O–H groups in total. The van der Waals surface area contributed by atoms with Gasteiger partial charge in [0.05, 0.1) is 37.2 Å². The number of carbonyl (C=O) groups is 5. The Bertz CT molecular complexity index is 2910. The molecule has 2 atom stereocenters. The molecule has 0 spiro atoms. The molecule has 3 aromatic rings. The van der Waals surface area contributed by atoms with Gasteiger partial charge in [-0.1, -0.05) is 18.2 Å². The van der Waals surface area contributed by atoms with Crippen molar-refractivity contribution in [2.45, 2.75) is 25.0 Å². The average Bonchev–Trinajstić information content (AvgIpc) is 3.30. The third-order valence-corrected chi connectivity index (χ3v) is 14.4. The molecule has 6 rings (SSSR count). The maximum atomic E-state index is 13.9. The predicted molar refractivity (Wildman–Crippen MR) is 281 cm³/mol. The van der Waals surface area contributed by atoms with E-state index in [0.29, 0.717) is 39.4 Å². The number of nitrogens with one attached hydrogen (secondary N) is 2. The highest BCUT2D eigenvalue weighted by atomic mass is 32.1. The van der Waals surface area contributed by atoms with E-state index in [2.05, 4.69) is 10.6 Å². The standard InChI is InChI=1S/C50H61N8O13PS/c1-53(2)35-10-13-38-42(26-35)71-43-27-36(54(3)4)11-14-39(43)47(38)37-12-9-34(25-40(37)48(65)66)52-50(73)51-33-7-5-32(6-8-33)30-72(69,70)31-57-19-17-55(28-45(61)62)21-23-58(41(49(67)68)15-16-44(59)60)24-22-56(18-20-57)29-46(63)64/h5-14,25-27,41H,15-24,28-31H2,1-4H3,(H7,51,59,60,61,62,63,64,65,66,67,68,69,70,73)/p+1. The van der Waals surface area contributed by atoms with Crippen molar-refractivity contribution in [3.05, 3.63) is 95.3 Å². The van der Waals surface area contributed by atoms with Gasteiger partial charge in [0.1, 0.15) is 31.5 Å². The first-order chi connectivity index (χ1) is 34.5. The third kappa shape index (κ3) is 15.6. The second-order valence-electron chi connectivity index (χ2n) is 18.4. The molecule has 1 aliphatic carbocycles. The minimum atomic E-state index is -3.95. The van der Waals surface area contributed by atoms with Gasteiger partial charge < -0.3 is 50.4 Å². The van der Waals surface area contributed by atoms with E-state index in [9.17, 15) is 59.0 Å². The van der Waals surface area contributed by atoms with Gasteiger partial charge >= 0.3 is 29.8 Å². The zero-order chi connectivity index (χ0) is 53.1. The Morgan fingerprint density at radius 2 is 1.30 bits per heavy atom. The summed E-state index contributed by atoms with van der Waals surface area (Å²) in [6, 6.07) is 22.1. The monoisotopic (exact) mass is 1050 g/mol. The summed E-state index contributed by atoms with van der Waals surface area (Å²) >= 11 is 5.62. The van der Waals surface area contributed by atoms with E-state index in [1.54, 1.807) is 51.1 Å². The molecule has 0 saturated carbocycles. The Hall–Kier alpha value is -6.78. The van der Waals surface area contributed by atoms with Crippen molar-refractivity contribution in [1.29, 1.82) is 0 Å². The summed E-state index contributed by atoms with van der Waals surface area (Å²) in [4.78, 5) is 79.9. The van der Waals surface area contributed by atoms with Crippen LogP contribution >= 0.6 is 19.6 Å². The van der Waals surface area contributed by atoms with Gasteiger partial charge in [-0.2, -0.15) is 0 Å². The van der Waals surface area contributed by atoms with Crippen molar-refractivity contribution in [2.75, 3.05) is 115 Å². The lowest BCUT2D eigenvalue weighted by Crippen LogP contribution is -2.51. The molecule has 73 heavy (non-hydrogen) atoms. The van der Waals surface area contributed by atoms with Gasteiger partial charge in [-0.15, -0.1) is 0 Å². The van der Waals surface area contributed by atoms with Gasteiger partial charge in [0.25, 0.3) is 0 Å². The van der Waals surface area contributed by atoms with Gasteiger partial charge in [-0.3, -0.25) is 43.3 Å². The first-order valence-electron chi connectivity index (χ1n) is 23.4. The highest BCUT2D eigenvalue weighted by molar-refractivity contribution is 7.80. The zero-order valence-electron chi connectivity index (χ0n) is 41.1. The maximum Gasteiger partial charge on any atom is 0.336 e. The number of anilines is 3. The van der Waals surface area contributed by atoms with E-state index in [1.807, 2.05) is 74.1 Å². The quantitative estimate of drug-likeness (QED) is 0.0264. The van der Waals surface area contributed by atoms with Crippen molar-refractivity contribution >= 4 is 82.6 Å². The molecule has 0 amide bonds. The highest BCUT2D eigenvalue weighted by Crippen LogP contribution is 2.45. The number of hydrogen-bond donors (Lipinski definition) is 8. The molecule has 0 aromatic heterocycles. The SMILES string of the molecule is CN(C)c1ccc2c(-c3ccc(NC(=S)Nc4ccc(CP(=O)(O)CN5CCN(CC(=O)O)CCN(C(CCC(=O)O)C(=O)O)CCN(CC(=O)O)CC5)cc4)cc3C(=O)O)c3ccc(=[N+](C)C)cc-3oc2c1. The van der Waals surface area contributed by atoms with Crippen LogP contribution in [0.25, 0.3) is 33.4 Å². The smallest absolute Gasteiger partial charge is 0.336 e. The zero-order valence-corrected chi connectivity index (χ0v) is 42.8. The van der Waals surface area contributed by atoms with E-state index < -0.39 is 62.8 Å². The number of aliphatic carboxylic acids is 4. The van der Waals surface area contributed by atoms with Gasteiger partial charge in [-0.25, -0.2) is 9.37 Å². The second-order valence-corrected chi connectivity index (χ2v) is 21.1. The van der Waals surface area contributed by atoms with Crippen LogP contribution < -0.4 is 25.5 Å². The van der Waals surface area contributed by atoms with Crippen molar-refractivity contribution in [2.24, 2.45) is 0 Å². The van der Waals surface area contributed by atoms with E-state index in [1.165, 1.54) is 11.0 Å². The Balaban J connectivity index is 1.14. The largest absolute Gasteiger partial charge is 0.481 e. The lowest BCUT2D eigenvalue weighted by molar-refractivity contribution is -0.146. The predicted octanol–water partition coefficient (Wildman–Crippen LogP) is 4.25. The highest BCUT2D eigenvalue weighted by Gasteiger charge is 2.30. The summed E-state index contributed by atoms with van der Waals surface area (Å²) in [6.45, 7) is -0.0280. The number of nitrogens with zero attached hydrogens (tertiary/aromatic N) is 6. The van der Waals surface area contributed by atoms with Crippen LogP contribution in [0.3, 0.4) is 0 Å². The van der Waals surface area contributed by atoms with Crippen molar-refractivity contribution in [1.82, 2.24) is 24.2 Å². The minimum absolute atomic E-state index is 0.0319. The number of rotatable bonds is 18. The van der Waals surface area contributed by atoms with E-state index in [4.69, 9.17) is 16.6 Å². The van der Waals surface area contributed by atoms with Crippen molar-refractivity contribution < 1.29 is 63.4 Å². The maximum absolute atomic E-state index is 13.9.